The number of hydrogen-bond donors (Lipinski definition) is 8. The van der Waals surface area contributed by atoms with Crippen LogP contribution in [0.3, 0.4) is 0 Å². The molecule has 0 saturated heterocycles. The van der Waals surface area contributed by atoms with Crippen molar-refractivity contribution in [2.75, 3.05) is 184 Å². The Morgan fingerprint density at radius 3 is 0.387 bits per heavy atom. The molecule has 0 aromatic heterocycles. The summed E-state index contributed by atoms with van der Waals surface area (Å²) in [5, 5.41) is 19.8. The molecule has 856 valence electrons. The maximum atomic E-state index is 15.6. The van der Waals surface area contributed by atoms with Crippen LogP contribution in [0.25, 0.3) is 0 Å². The Morgan fingerprint density at radius 1 is 0.180 bits per heavy atom. The van der Waals surface area contributed by atoms with Gasteiger partial charge in [-0.2, -0.15) is 0 Å². The zero-order valence-electron chi connectivity index (χ0n) is 91.8. The van der Waals surface area contributed by atoms with Gasteiger partial charge in [0.1, 0.15) is 120 Å². The topological polar surface area (TPSA) is 635 Å². The second-order valence-corrected chi connectivity index (χ2v) is 44.0. The van der Waals surface area contributed by atoms with Crippen LogP contribution in [0.1, 0.15) is 256 Å². The van der Waals surface area contributed by atoms with Gasteiger partial charge < -0.3 is 137 Å². The summed E-state index contributed by atoms with van der Waals surface area (Å²) in [7, 11) is 0. The van der Waals surface area contributed by atoms with E-state index in [9.17, 15) is 76.7 Å². The Balaban J connectivity index is 2.47. The van der Waals surface area contributed by atoms with Gasteiger partial charge in [0.15, 0.2) is 0 Å². The normalized spacial score (nSPS) is 16.9. The van der Waals surface area contributed by atoms with E-state index in [1.54, 1.807) is 166 Å². The van der Waals surface area contributed by atoms with Gasteiger partial charge in [0.25, 0.3) is 0 Å². The van der Waals surface area contributed by atoms with Gasteiger partial charge in [-0.15, -0.1) is 0 Å². The third kappa shape index (κ3) is 64.2. The van der Waals surface area contributed by atoms with Gasteiger partial charge >= 0.3 is 120 Å². The first-order valence-corrected chi connectivity index (χ1v) is 50.0. The molecule has 0 aliphatic heterocycles. The second kappa shape index (κ2) is 61.8. The molecule has 150 heavy (non-hydrogen) atoms. The summed E-state index contributed by atoms with van der Waals surface area (Å²) in [5.74, 6) is -11.5. The minimum atomic E-state index is -2.14. The third-order valence-electron chi connectivity index (χ3n) is 19.9. The summed E-state index contributed by atoms with van der Waals surface area (Å²) in [5.41, 5.74) is -15.6. The lowest BCUT2D eigenvalue weighted by Gasteiger charge is -2.66. The van der Waals surface area contributed by atoms with E-state index in [2.05, 4.69) is 42.5 Å². The molecule has 4 bridgehead atoms. The van der Waals surface area contributed by atoms with Crippen LogP contribution in [0, 0.1) is 0 Å². The SMILES string of the molecule is CC(C)(C)OC(=O)NCCOC(=O)CCN(CCC(=O)OCCNC(=O)OC(C)(C)C)CC(=O)OC12CC3(OC(=O)CN(CCC(=O)OCCNC(=O)OC(C)(C)C)CCC(=O)OCCNC(=O)OC(C)(C)C)CC(OC(=O)CN(CCC(=O)OCCNC(=O)OC(C)(C)C)CCC(=O)OCCNC(=O)OC(C)(C)C)(C1)CC(OC(=O)CN(CCC(=O)OCCNC(=O)OC(C)(C)C)CCC(=O)OCCNC(=O)OC(C)(C)C)(C2)C3. The summed E-state index contributed by atoms with van der Waals surface area (Å²) >= 11 is 0. The zero-order valence-corrected chi connectivity index (χ0v) is 91.8. The van der Waals surface area contributed by atoms with Crippen LogP contribution >= 0.6 is 0 Å². The average Bonchev–Trinajstić information content (AvgIpc) is 0.680. The molecular formula is C98H164N12O40. The van der Waals surface area contributed by atoms with Gasteiger partial charge in [-0.3, -0.25) is 77.1 Å². The average molecular weight is 2150 g/mol. The Morgan fingerprint density at radius 2 is 0.287 bits per heavy atom. The highest BCUT2D eigenvalue weighted by Gasteiger charge is 2.75. The van der Waals surface area contributed by atoms with Crippen molar-refractivity contribution < 1.29 is 191 Å². The first-order valence-electron chi connectivity index (χ1n) is 50.0. The fourth-order valence-corrected chi connectivity index (χ4v) is 15.2. The number of carbonyl (C=O) groups is 20. The number of carbonyl (C=O) groups excluding carboxylic acids is 20. The Hall–Kier alpha value is -12.4. The minimum Gasteiger partial charge on any atom is -0.464 e. The van der Waals surface area contributed by atoms with Crippen molar-refractivity contribution in [2.45, 2.75) is 323 Å². The molecule has 4 fully saturated rings. The lowest BCUT2D eigenvalue weighted by atomic mass is 9.48. The fourth-order valence-electron chi connectivity index (χ4n) is 15.2. The van der Waals surface area contributed by atoms with Crippen molar-refractivity contribution in [2.24, 2.45) is 0 Å². The van der Waals surface area contributed by atoms with Gasteiger partial charge in [-0.25, -0.2) is 38.4 Å². The molecular weight excluding hydrogens is 1990 g/mol. The summed E-state index contributed by atoms with van der Waals surface area (Å²) < 4.78 is 113. The highest BCUT2D eigenvalue weighted by Crippen LogP contribution is 2.66. The van der Waals surface area contributed by atoms with Crippen LogP contribution in [-0.2, 0) is 152 Å². The van der Waals surface area contributed by atoms with Gasteiger partial charge in [0.05, 0.1) is 130 Å². The third-order valence-corrected chi connectivity index (χ3v) is 19.9. The molecule has 0 atom stereocenters. The quantitative estimate of drug-likeness (QED) is 0.0186. The van der Waals surface area contributed by atoms with E-state index in [1.807, 2.05) is 0 Å². The molecule has 0 heterocycles. The lowest BCUT2D eigenvalue weighted by molar-refractivity contribution is -0.310. The fraction of sp³-hybridized carbons (Fsp3) is 0.796. The number of nitrogens with one attached hydrogen (secondary N) is 8. The van der Waals surface area contributed by atoms with Gasteiger partial charge in [0.2, 0.25) is 0 Å². The van der Waals surface area contributed by atoms with Crippen LogP contribution in [0.5, 0.6) is 0 Å². The molecule has 52 nitrogen and oxygen atoms in total. The molecule has 0 radical (unpaired) electrons. The second-order valence-electron chi connectivity index (χ2n) is 44.0. The van der Waals surface area contributed by atoms with Crippen molar-refractivity contribution in [3.63, 3.8) is 0 Å². The molecule has 0 spiro atoms. The van der Waals surface area contributed by atoms with E-state index in [-0.39, 0.29) is 158 Å². The van der Waals surface area contributed by atoms with E-state index < -0.39 is 304 Å². The summed E-state index contributed by atoms with van der Waals surface area (Å²) in [6.45, 7) is 28.7. The number of esters is 12. The van der Waals surface area contributed by atoms with E-state index in [1.165, 1.54) is 19.6 Å². The molecule has 8 N–H and O–H groups in total. The van der Waals surface area contributed by atoms with Crippen molar-refractivity contribution in [1.29, 1.82) is 0 Å². The maximum Gasteiger partial charge on any atom is 0.407 e. The summed E-state index contributed by atoms with van der Waals surface area (Å²) in [4.78, 5) is 277. The number of alkyl carbamates (subject to hydrolysis) is 8. The van der Waals surface area contributed by atoms with Crippen molar-refractivity contribution in [1.82, 2.24) is 62.1 Å². The summed E-state index contributed by atoms with van der Waals surface area (Å²) in [6, 6.07) is 0. The number of nitrogens with zero attached hydrogens (tertiary/aromatic N) is 4. The van der Waals surface area contributed by atoms with Gasteiger partial charge in [0, 0.05) is 90.9 Å². The smallest absolute Gasteiger partial charge is 0.407 e. The van der Waals surface area contributed by atoms with Crippen LogP contribution in [0.15, 0.2) is 0 Å². The van der Waals surface area contributed by atoms with Crippen LogP contribution in [-0.4, -0.2) is 391 Å². The van der Waals surface area contributed by atoms with Crippen molar-refractivity contribution in [3.8, 4) is 0 Å². The molecule has 4 saturated carbocycles. The van der Waals surface area contributed by atoms with Crippen LogP contribution in [0.2, 0.25) is 0 Å². The molecule has 0 unspecified atom stereocenters. The predicted octanol–water partition coefficient (Wildman–Crippen LogP) is 6.37. The molecule has 4 rings (SSSR count). The monoisotopic (exact) mass is 2150 g/mol. The molecule has 8 amide bonds. The molecule has 4 aliphatic carbocycles. The van der Waals surface area contributed by atoms with Crippen LogP contribution in [0.4, 0.5) is 38.4 Å². The molecule has 4 aliphatic rings. The molecule has 0 aromatic carbocycles. The first kappa shape index (κ1) is 132. The standard InChI is InChI=1S/C98H164N12O40/c1-87(2,3)143-79(123)99-33-49-131-67(111)25-41-107(42-26-68(112)132-50-34-100-80(124)144-88(4,5)6)57-75(119)139-95-61-96(140-76(120)58-108(43-27-69(113)133-51-35-101-81(125)145-89(7,8)9)44-28-70(114)134-52-36-102-82(126)146-90(10,11)12)64-97(62-95,141-77(121)59-109(45-29-71(115)135-53-37-103-83(127)147-91(13,14)15)46-30-72(116)136-54-38-104-84(128)148-92(16,17)18)66-98(63-95,65-96)142-78(122)60-110(47-31-73(117)137-55-39-105-85(129)149-93(19,20)21)48-32-74(118)138-56-40-106-86(130)150-94(22,23)24/h25-66H2,1-24H3,(H,99,123)(H,100,124)(H,101,125)(H,102,126)(H,103,127)(H,104,128)(H,105,129)(H,106,130). The summed E-state index contributed by atoms with van der Waals surface area (Å²) in [6.07, 6.45) is -13.5. The van der Waals surface area contributed by atoms with E-state index in [0.29, 0.717) is 0 Å². The predicted molar refractivity (Wildman–Crippen MR) is 527 cm³/mol. The van der Waals surface area contributed by atoms with E-state index in [4.69, 9.17) is 94.7 Å². The minimum absolute atomic E-state index is 0.200. The maximum absolute atomic E-state index is 15.6. The molecule has 52 heteroatoms. The van der Waals surface area contributed by atoms with E-state index >= 15 is 19.2 Å². The first-order chi connectivity index (χ1) is 69.3. The molecule has 0 aromatic rings. The Kier molecular flexibility index (Phi) is 54.3. The van der Waals surface area contributed by atoms with Gasteiger partial charge in [-0.1, -0.05) is 0 Å². The Labute approximate surface area is 876 Å². The zero-order chi connectivity index (χ0) is 113. The highest BCUT2D eigenvalue weighted by atomic mass is 16.6. The number of hydrogen-bond acceptors (Lipinski definition) is 44. The number of rotatable bonds is 60. The largest absolute Gasteiger partial charge is 0.464 e. The number of ether oxygens (including phenoxy) is 20. The van der Waals surface area contributed by atoms with Crippen molar-refractivity contribution >= 4 is 120 Å². The van der Waals surface area contributed by atoms with Crippen molar-refractivity contribution in [3.05, 3.63) is 0 Å². The lowest BCUT2D eigenvalue weighted by Crippen LogP contribution is -2.75. The van der Waals surface area contributed by atoms with E-state index in [0.717, 1.165) is 0 Å². The Bertz CT molecular complexity index is 3660. The van der Waals surface area contributed by atoms with Gasteiger partial charge in [-0.05, 0) is 166 Å². The highest BCUT2D eigenvalue weighted by molar-refractivity contribution is 5.79. The van der Waals surface area contributed by atoms with Crippen LogP contribution < -0.4 is 42.5 Å². The number of amides is 8.